The van der Waals surface area contributed by atoms with Crippen LogP contribution >= 0.6 is 0 Å². The summed E-state index contributed by atoms with van der Waals surface area (Å²) in [6, 6.07) is 7.27. The van der Waals surface area contributed by atoms with Gasteiger partial charge in [-0.1, -0.05) is 13.0 Å². The Bertz CT molecular complexity index is 421. The summed E-state index contributed by atoms with van der Waals surface area (Å²) in [5.41, 5.74) is 0.958. The smallest absolute Gasteiger partial charge is 0.125 e. The van der Waals surface area contributed by atoms with Gasteiger partial charge in [0.15, 0.2) is 0 Å². The zero-order valence-electron chi connectivity index (χ0n) is 13.1. The van der Waals surface area contributed by atoms with E-state index in [1.807, 2.05) is 6.07 Å². The van der Waals surface area contributed by atoms with Crippen molar-refractivity contribution in [3.63, 3.8) is 0 Å². The lowest BCUT2D eigenvalue weighted by atomic mass is 9.98. The fourth-order valence-corrected chi connectivity index (χ4v) is 2.91. The molecule has 0 spiro atoms. The predicted octanol–water partition coefficient (Wildman–Crippen LogP) is 3.06. The molecule has 0 amide bonds. The first kappa shape index (κ1) is 16.2. The maximum Gasteiger partial charge on any atom is 0.125 e. The van der Waals surface area contributed by atoms with E-state index in [-0.39, 0.29) is 5.82 Å². The Kier molecular flexibility index (Phi) is 6.46. The molecule has 0 aromatic heterocycles. The van der Waals surface area contributed by atoms with Crippen LogP contribution < -0.4 is 10.2 Å². The largest absolute Gasteiger partial charge is 0.381 e. The molecule has 0 aliphatic carbocycles. The molecule has 0 radical (unpaired) electrons. The third kappa shape index (κ3) is 4.68. The van der Waals surface area contributed by atoms with Gasteiger partial charge in [-0.3, -0.25) is 0 Å². The first-order chi connectivity index (χ1) is 10.2. The van der Waals surface area contributed by atoms with Crippen LogP contribution in [0.5, 0.6) is 0 Å². The van der Waals surface area contributed by atoms with Gasteiger partial charge in [-0.2, -0.15) is 0 Å². The lowest BCUT2D eigenvalue weighted by Gasteiger charge is -2.32. The highest BCUT2D eigenvalue weighted by Gasteiger charge is 2.26. The number of ether oxygens (including phenoxy) is 1. The van der Waals surface area contributed by atoms with Gasteiger partial charge in [0.05, 0.1) is 6.61 Å². The van der Waals surface area contributed by atoms with Crippen LogP contribution in [0.3, 0.4) is 0 Å². The SMILES string of the molecule is CCCNC(CN(CC)c1cccc(F)c1)C1CCOC1. The summed E-state index contributed by atoms with van der Waals surface area (Å²) in [6.45, 7) is 8.78. The molecule has 0 bridgehead atoms. The zero-order chi connectivity index (χ0) is 15.1. The van der Waals surface area contributed by atoms with Gasteiger partial charge in [0, 0.05) is 37.3 Å². The third-order valence-electron chi connectivity index (χ3n) is 4.16. The second kappa shape index (κ2) is 8.35. The maximum absolute atomic E-state index is 13.4. The zero-order valence-corrected chi connectivity index (χ0v) is 13.1. The van der Waals surface area contributed by atoms with Crippen LogP contribution in [-0.2, 0) is 4.74 Å². The van der Waals surface area contributed by atoms with Crippen LogP contribution in [0.15, 0.2) is 24.3 Å². The van der Waals surface area contributed by atoms with Gasteiger partial charge in [-0.15, -0.1) is 0 Å². The molecule has 3 nitrogen and oxygen atoms in total. The Morgan fingerprint density at radius 2 is 2.29 bits per heavy atom. The minimum atomic E-state index is -0.173. The molecule has 0 saturated carbocycles. The molecule has 2 unspecified atom stereocenters. The summed E-state index contributed by atoms with van der Waals surface area (Å²) >= 11 is 0. The van der Waals surface area contributed by atoms with Crippen LogP contribution in [0.25, 0.3) is 0 Å². The van der Waals surface area contributed by atoms with Crippen LogP contribution in [0, 0.1) is 11.7 Å². The summed E-state index contributed by atoms with van der Waals surface area (Å²) < 4.78 is 19.0. The highest BCUT2D eigenvalue weighted by molar-refractivity contribution is 5.46. The van der Waals surface area contributed by atoms with E-state index in [1.165, 1.54) is 6.07 Å². The van der Waals surface area contributed by atoms with E-state index in [1.54, 1.807) is 12.1 Å². The Balaban J connectivity index is 2.04. The molecule has 1 aliphatic rings. The number of likely N-dealkylation sites (N-methyl/N-ethyl adjacent to an activating group) is 1. The van der Waals surface area contributed by atoms with Crippen LogP contribution in [0.1, 0.15) is 26.7 Å². The van der Waals surface area contributed by atoms with E-state index in [9.17, 15) is 4.39 Å². The van der Waals surface area contributed by atoms with E-state index < -0.39 is 0 Å². The van der Waals surface area contributed by atoms with Crippen molar-refractivity contribution in [3.05, 3.63) is 30.1 Å². The Labute approximate surface area is 127 Å². The van der Waals surface area contributed by atoms with E-state index in [2.05, 4.69) is 24.1 Å². The number of hydrogen-bond acceptors (Lipinski definition) is 3. The molecule has 1 aromatic carbocycles. The van der Waals surface area contributed by atoms with Crippen molar-refractivity contribution in [2.45, 2.75) is 32.7 Å². The lowest BCUT2D eigenvalue weighted by molar-refractivity contribution is 0.177. The highest BCUT2D eigenvalue weighted by atomic mass is 19.1. The molecular formula is C17H27FN2O. The van der Waals surface area contributed by atoms with Gasteiger partial charge < -0.3 is 15.0 Å². The predicted molar refractivity (Wildman–Crippen MR) is 85.3 cm³/mol. The molecule has 1 saturated heterocycles. The number of hydrogen-bond donors (Lipinski definition) is 1. The quantitative estimate of drug-likeness (QED) is 0.797. The minimum Gasteiger partial charge on any atom is -0.381 e. The molecule has 1 fully saturated rings. The topological polar surface area (TPSA) is 24.5 Å². The standard InChI is InChI=1S/C17H27FN2O/c1-3-9-19-17(14-8-10-21-13-14)12-20(4-2)16-7-5-6-15(18)11-16/h5-7,11,14,17,19H,3-4,8-10,12-13H2,1-2H3. The third-order valence-corrected chi connectivity index (χ3v) is 4.16. The number of rotatable bonds is 8. The molecule has 2 rings (SSSR count). The van der Waals surface area contributed by atoms with Crippen LogP contribution in [0.4, 0.5) is 10.1 Å². The van der Waals surface area contributed by atoms with Crippen molar-refractivity contribution >= 4 is 5.69 Å². The first-order valence-electron chi connectivity index (χ1n) is 8.06. The molecule has 21 heavy (non-hydrogen) atoms. The van der Waals surface area contributed by atoms with Gasteiger partial charge in [0.25, 0.3) is 0 Å². The fourth-order valence-electron chi connectivity index (χ4n) is 2.91. The average Bonchev–Trinajstić information content (AvgIpc) is 3.02. The number of nitrogens with one attached hydrogen (secondary N) is 1. The number of nitrogens with zero attached hydrogens (tertiary/aromatic N) is 1. The van der Waals surface area contributed by atoms with Crippen molar-refractivity contribution in [2.75, 3.05) is 37.7 Å². The van der Waals surface area contributed by atoms with Crippen molar-refractivity contribution in [3.8, 4) is 0 Å². The summed E-state index contributed by atoms with van der Waals surface area (Å²) in [5, 5.41) is 3.65. The molecule has 4 heteroatoms. The molecule has 1 aromatic rings. The first-order valence-corrected chi connectivity index (χ1v) is 8.06. The minimum absolute atomic E-state index is 0.173. The molecule has 118 valence electrons. The number of benzene rings is 1. The van der Waals surface area contributed by atoms with E-state index in [0.29, 0.717) is 12.0 Å². The van der Waals surface area contributed by atoms with Gasteiger partial charge in [-0.05, 0) is 44.5 Å². The molecule has 1 N–H and O–H groups in total. The van der Waals surface area contributed by atoms with Gasteiger partial charge >= 0.3 is 0 Å². The summed E-state index contributed by atoms with van der Waals surface area (Å²) in [5.74, 6) is 0.382. The molecule has 1 aliphatic heterocycles. The van der Waals surface area contributed by atoms with E-state index >= 15 is 0 Å². The van der Waals surface area contributed by atoms with Crippen molar-refractivity contribution in [1.82, 2.24) is 5.32 Å². The van der Waals surface area contributed by atoms with Crippen molar-refractivity contribution < 1.29 is 9.13 Å². The van der Waals surface area contributed by atoms with Gasteiger partial charge in [-0.25, -0.2) is 4.39 Å². The summed E-state index contributed by atoms with van der Waals surface area (Å²) in [7, 11) is 0. The summed E-state index contributed by atoms with van der Waals surface area (Å²) in [6.07, 6.45) is 2.23. The van der Waals surface area contributed by atoms with Crippen LogP contribution in [-0.4, -0.2) is 38.9 Å². The van der Waals surface area contributed by atoms with E-state index in [0.717, 1.165) is 51.4 Å². The number of halogens is 1. The fraction of sp³-hybridized carbons (Fsp3) is 0.647. The summed E-state index contributed by atoms with van der Waals surface area (Å²) in [4.78, 5) is 2.24. The van der Waals surface area contributed by atoms with Gasteiger partial charge in [0.1, 0.15) is 5.82 Å². The molecule has 1 heterocycles. The molecular weight excluding hydrogens is 267 g/mol. The normalized spacial score (nSPS) is 19.7. The maximum atomic E-state index is 13.4. The van der Waals surface area contributed by atoms with Crippen LogP contribution in [0.2, 0.25) is 0 Å². The Morgan fingerprint density at radius 3 is 2.90 bits per heavy atom. The second-order valence-electron chi connectivity index (χ2n) is 5.70. The van der Waals surface area contributed by atoms with Gasteiger partial charge in [0.2, 0.25) is 0 Å². The number of anilines is 1. The Hall–Kier alpha value is -1.13. The highest BCUT2D eigenvalue weighted by Crippen LogP contribution is 2.21. The van der Waals surface area contributed by atoms with Crippen molar-refractivity contribution in [2.24, 2.45) is 5.92 Å². The molecule has 2 atom stereocenters. The monoisotopic (exact) mass is 294 g/mol. The van der Waals surface area contributed by atoms with Crippen molar-refractivity contribution in [1.29, 1.82) is 0 Å². The average molecular weight is 294 g/mol. The second-order valence-corrected chi connectivity index (χ2v) is 5.70. The van der Waals surface area contributed by atoms with E-state index in [4.69, 9.17) is 4.74 Å². The Morgan fingerprint density at radius 1 is 1.43 bits per heavy atom. The lowest BCUT2D eigenvalue weighted by Crippen LogP contribution is -2.46.